The molecule has 1 amide bonds. The van der Waals surface area contributed by atoms with Gasteiger partial charge >= 0.3 is 6.18 Å². The summed E-state index contributed by atoms with van der Waals surface area (Å²) >= 11 is 0. The molecule has 0 bridgehead atoms. The molecule has 1 aliphatic rings. The van der Waals surface area contributed by atoms with Crippen LogP contribution in [0.5, 0.6) is 0 Å². The fourth-order valence-electron chi connectivity index (χ4n) is 3.27. The summed E-state index contributed by atoms with van der Waals surface area (Å²) in [6.07, 6.45) is -4.56. The molecular weight excluding hydrogens is 385 g/mol. The van der Waals surface area contributed by atoms with Gasteiger partial charge in [-0.3, -0.25) is 9.69 Å². The summed E-state index contributed by atoms with van der Waals surface area (Å²) < 4.78 is 45.0. The smallest absolute Gasteiger partial charge is 0.338 e. The van der Waals surface area contributed by atoms with E-state index in [4.69, 9.17) is 4.52 Å². The first kappa shape index (κ1) is 21.3. The number of piperazine rings is 1. The summed E-state index contributed by atoms with van der Waals surface area (Å²) in [7, 11) is 0. The van der Waals surface area contributed by atoms with E-state index < -0.39 is 17.6 Å². The predicted molar refractivity (Wildman–Crippen MR) is 100 cm³/mol. The highest BCUT2D eigenvalue weighted by molar-refractivity contribution is 5.96. The van der Waals surface area contributed by atoms with Crippen molar-refractivity contribution in [2.45, 2.75) is 45.3 Å². The van der Waals surface area contributed by atoms with Crippen molar-refractivity contribution in [3.63, 3.8) is 0 Å². The standard InChI is InChI=1S/C20H25F3N4O2/c1-13(16-24-18(25-29-16)19(2,3)4)26-9-11-27(12-10-26)17(28)14-7-5-6-8-15(14)20(21,22)23/h5-8,13H,9-12H2,1-4H3. The summed E-state index contributed by atoms with van der Waals surface area (Å²) in [5.41, 5.74) is -1.44. The lowest BCUT2D eigenvalue weighted by atomic mass is 9.96. The van der Waals surface area contributed by atoms with Crippen LogP contribution < -0.4 is 0 Å². The van der Waals surface area contributed by atoms with Crippen LogP contribution in [-0.2, 0) is 11.6 Å². The molecule has 0 spiro atoms. The van der Waals surface area contributed by atoms with Crippen molar-refractivity contribution in [1.29, 1.82) is 0 Å². The van der Waals surface area contributed by atoms with Gasteiger partial charge in [0.2, 0.25) is 5.89 Å². The highest BCUT2D eigenvalue weighted by atomic mass is 19.4. The first-order valence-corrected chi connectivity index (χ1v) is 9.52. The number of aromatic nitrogens is 2. The third-order valence-electron chi connectivity index (χ3n) is 5.08. The molecular formula is C20H25F3N4O2. The normalized spacial score (nSPS) is 17.4. The fourth-order valence-corrected chi connectivity index (χ4v) is 3.27. The summed E-state index contributed by atoms with van der Waals surface area (Å²) in [6, 6.07) is 4.76. The maximum absolute atomic E-state index is 13.2. The predicted octanol–water partition coefficient (Wildman–Crippen LogP) is 3.90. The maximum Gasteiger partial charge on any atom is 0.417 e. The molecule has 29 heavy (non-hydrogen) atoms. The molecule has 0 radical (unpaired) electrons. The molecule has 6 nitrogen and oxygen atoms in total. The summed E-state index contributed by atoms with van der Waals surface area (Å²) in [5, 5.41) is 4.04. The van der Waals surface area contributed by atoms with Crippen LogP contribution in [0.2, 0.25) is 0 Å². The van der Waals surface area contributed by atoms with E-state index in [1.54, 1.807) is 0 Å². The van der Waals surface area contributed by atoms with Gasteiger partial charge in [0.15, 0.2) is 5.82 Å². The van der Waals surface area contributed by atoms with E-state index in [-0.39, 0.29) is 17.0 Å². The topological polar surface area (TPSA) is 62.5 Å². The molecule has 0 aliphatic carbocycles. The van der Waals surface area contributed by atoms with Crippen molar-refractivity contribution in [3.05, 3.63) is 47.1 Å². The second-order valence-electron chi connectivity index (χ2n) is 8.25. The van der Waals surface area contributed by atoms with Crippen LogP contribution in [-0.4, -0.2) is 52.0 Å². The van der Waals surface area contributed by atoms with Crippen molar-refractivity contribution >= 4 is 5.91 Å². The van der Waals surface area contributed by atoms with Crippen LogP contribution in [0, 0.1) is 0 Å². The average molecular weight is 410 g/mol. The van der Waals surface area contributed by atoms with Gasteiger partial charge in [-0.1, -0.05) is 38.1 Å². The quantitative estimate of drug-likeness (QED) is 0.768. The number of carbonyl (C=O) groups excluding carboxylic acids is 1. The Hall–Kier alpha value is -2.42. The molecule has 1 saturated heterocycles. The third-order valence-corrected chi connectivity index (χ3v) is 5.08. The van der Waals surface area contributed by atoms with Gasteiger partial charge in [-0.2, -0.15) is 18.2 Å². The van der Waals surface area contributed by atoms with E-state index in [0.29, 0.717) is 37.9 Å². The van der Waals surface area contributed by atoms with E-state index >= 15 is 0 Å². The van der Waals surface area contributed by atoms with Crippen molar-refractivity contribution in [3.8, 4) is 0 Å². The number of carbonyl (C=O) groups is 1. The summed E-state index contributed by atoms with van der Waals surface area (Å²) in [5.74, 6) is 0.520. The Bertz CT molecular complexity index is 865. The zero-order valence-corrected chi connectivity index (χ0v) is 17.0. The Morgan fingerprint density at radius 3 is 2.28 bits per heavy atom. The van der Waals surface area contributed by atoms with Crippen LogP contribution in [0.1, 0.15) is 61.4 Å². The van der Waals surface area contributed by atoms with Crippen LogP contribution in [0.4, 0.5) is 13.2 Å². The molecule has 158 valence electrons. The van der Waals surface area contributed by atoms with E-state index in [2.05, 4.69) is 15.0 Å². The van der Waals surface area contributed by atoms with Crippen molar-refractivity contribution < 1.29 is 22.5 Å². The van der Waals surface area contributed by atoms with Gasteiger partial charge in [0.1, 0.15) is 0 Å². The number of halogens is 3. The Balaban J connectivity index is 1.67. The van der Waals surface area contributed by atoms with E-state index in [1.165, 1.54) is 23.1 Å². The van der Waals surface area contributed by atoms with E-state index in [9.17, 15) is 18.0 Å². The van der Waals surface area contributed by atoms with Gasteiger partial charge in [-0.25, -0.2) is 0 Å². The van der Waals surface area contributed by atoms with Gasteiger partial charge in [0.25, 0.3) is 5.91 Å². The lowest BCUT2D eigenvalue weighted by Crippen LogP contribution is -2.49. The minimum atomic E-state index is -4.56. The van der Waals surface area contributed by atoms with Crippen LogP contribution >= 0.6 is 0 Å². The molecule has 0 N–H and O–H groups in total. The third kappa shape index (κ3) is 4.60. The largest absolute Gasteiger partial charge is 0.417 e. The molecule has 2 aromatic rings. The number of benzene rings is 1. The zero-order chi connectivity index (χ0) is 21.4. The Morgan fingerprint density at radius 1 is 1.10 bits per heavy atom. The number of hydrogen-bond acceptors (Lipinski definition) is 5. The van der Waals surface area contributed by atoms with Gasteiger partial charge in [0, 0.05) is 31.6 Å². The number of hydrogen-bond donors (Lipinski definition) is 0. The molecule has 1 aromatic carbocycles. The van der Waals surface area contributed by atoms with Gasteiger partial charge < -0.3 is 9.42 Å². The number of alkyl halides is 3. The average Bonchev–Trinajstić information content (AvgIpc) is 3.17. The maximum atomic E-state index is 13.2. The molecule has 1 fully saturated rings. The minimum absolute atomic E-state index is 0.140. The first-order valence-electron chi connectivity index (χ1n) is 9.52. The lowest BCUT2D eigenvalue weighted by Gasteiger charge is -2.37. The van der Waals surface area contributed by atoms with E-state index in [0.717, 1.165) is 6.07 Å². The lowest BCUT2D eigenvalue weighted by molar-refractivity contribution is -0.138. The van der Waals surface area contributed by atoms with Crippen molar-refractivity contribution in [2.75, 3.05) is 26.2 Å². The molecule has 1 aliphatic heterocycles. The molecule has 3 rings (SSSR count). The molecule has 1 atom stereocenters. The second kappa shape index (κ2) is 7.78. The van der Waals surface area contributed by atoms with E-state index in [1.807, 2.05) is 27.7 Å². The van der Waals surface area contributed by atoms with Crippen molar-refractivity contribution in [1.82, 2.24) is 19.9 Å². The summed E-state index contributed by atoms with van der Waals surface area (Å²) in [6.45, 7) is 9.60. The highest BCUT2D eigenvalue weighted by Crippen LogP contribution is 2.32. The van der Waals surface area contributed by atoms with Gasteiger partial charge in [0.05, 0.1) is 17.2 Å². The first-order chi connectivity index (χ1) is 13.5. The molecule has 9 heteroatoms. The molecule has 1 aromatic heterocycles. The highest BCUT2D eigenvalue weighted by Gasteiger charge is 2.37. The van der Waals surface area contributed by atoms with Crippen LogP contribution in [0.15, 0.2) is 28.8 Å². The second-order valence-corrected chi connectivity index (χ2v) is 8.25. The number of nitrogens with zero attached hydrogens (tertiary/aromatic N) is 4. The minimum Gasteiger partial charge on any atom is -0.338 e. The number of amides is 1. The Morgan fingerprint density at radius 2 is 1.72 bits per heavy atom. The Kier molecular flexibility index (Phi) is 5.71. The van der Waals surface area contributed by atoms with Crippen LogP contribution in [0.3, 0.4) is 0 Å². The van der Waals surface area contributed by atoms with Crippen LogP contribution in [0.25, 0.3) is 0 Å². The van der Waals surface area contributed by atoms with Crippen molar-refractivity contribution in [2.24, 2.45) is 0 Å². The zero-order valence-electron chi connectivity index (χ0n) is 17.0. The molecule has 2 heterocycles. The fraction of sp³-hybridized carbons (Fsp3) is 0.550. The number of rotatable bonds is 3. The SMILES string of the molecule is CC(c1nc(C(C)(C)C)no1)N1CCN(C(=O)c2ccccc2C(F)(F)F)CC1. The van der Waals surface area contributed by atoms with Gasteiger partial charge in [-0.15, -0.1) is 0 Å². The molecule has 1 unspecified atom stereocenters. The Labute approximate surface area is 167 Å². The summed E-state index contributed by atoms with van der Waals surface area (Å²) in [4.78, 5) is 20.7. The molecule has 0 saturated carbocycles. The van der Waals surface area contributed by atoms with Gasteiger partial charge in [-0.05, 0) is 19.1 Å². The monoisotopic (exact) mass is 410 g/mol.